The minimum absolute atomic E-state index is 0.0727. The van der Waals surface area contributed by atoms with Crippen molar-refractivity contribution in [1.82, 2.24) is 5.32 Å². The first kappa shape index (κ1) is 14.8. The van der Waals surface area contributed by atoms with Crippen molar-refractivity contribution in [1.29, 1.82) is 0 Å². The number of ether oxygens (including phenoxy) is 1. The predicted molar refractivity (Wildman–Crippen MR) is 61.5 cm³/mol. The van der Waals surface area contributed by atoms with Gasteiger partial charge < -0.3 is 15.2 Å². The van der Waals surface area contributed by atoms with Gasteiger partial charge in [0, 0.05) is 13.1 Å². The summed E-state index contributed by atoms with van der Waals surface area (Å²) >= 11 is 0. The van der Waals surface area contributed by atoms with Crippen LogP contribution in [0.15, 0.2) is 24.3 Å². The van der Waals surface area contributed by atoms with E-state index in [2.05, 4.69) is 5.32 Å². The molecule has 0 radical (unpaired) electrons. The predicted octanol–water partition coefficient (Wildman–Crippen LogP) is 2.27. The lowest BCUT2D eigenvalue weighted by atomic mass is 10.1. The number of benzene rings is 1. The lowest BCUT2D eigenvalue weighted by molar-refractivity contribution is -0.133. The zero-order valence-electron chi connectivity index (χ0n) is 10.00. The van der Waals surface area contributed by atoms with Crippen LogP contribution < -0.4 is 10.1 Å². The molecule has 0 saturated heterocycles. The Morgan fingerprint density at radius 3 is 2.72 bits per heavy atom. The molecule has 0 fully saturated rings. The third kappa shape index (κ3) is 5.37. The van der Waals surface area contributed by atoms with E-state index in [9.17, 15) is 18.3 Å². The quantitative estimate of drug-likeness (QED) is 0.774. The molecular weight excluding hydrogens is 247 g/mol. The zero-order chi connectivity index (χ0) is 13.6. The van der Waals surface area contributed by atoms with Crippen LogP contribution in [0.3, 0.4) is 0 Å². The minimum atomic E-state index is -4.17. The highest BCUT2D eigenvalue weighted by Crippen LogP contribution is 2.20. The maximum absolute atomic E-state index is 11.9. The molecule has 18 heavy (non-hydrogen) atoms. The third-order valence-corrected chi connectivity index (χ3v) is 2.40. The van der Waals surface area contributed by atoms with E-state index in [0.717, 1.165) is 0 Å². The molecule has 6 heteroatoms. The Bertz CT molecular complexity index is 369. The van der Waals surface area contributed by atoms with Crippen molar-refractivity contribution in [3.05, 3.63) is 29.8 Å². The Hall–Kier alpha value is -1.27. The maximum atomic E-state index is 11.9. The largest absolute Gasteiger partial charge is 0.497 e. The molecule has 0 spiro atoms. The van der Waals surface area contributed by atoms with Crippen molar-refractivity contribution in [2.75, 3.05) is 20.2 Å². The number of nitrogens with one attached hydrogen (secondary N) is 1. The molecule has 0 saturated carbocycles. The van der Waals surface area contributed by atoms with E-state index in [1.165, 1.54) is 7.11 Å². The second-order valence-corrected chi connectivity index (χ2v) is 3.86. The smallest absolute Gasteiger partial charge is 0.390 e. The first-order valence-electron chi connectivity index (χ1n) is 5.52. The lowest BCUT2D eigenvalue weighted by Crippen LogP contribution is -2.26. The molecule has 102 valence electrons. The summed E-state index contributed by atoms with van der Waals surface area (Å²) in [6, 6.07) is 6.79. The first-order valence-corrected chi connectivity index (χ1v) is 5.52. The molecule has 1 aromatic rings. The Kier molecular flexibility index (Phi) is 5.43. The number of hydrogen-bond donors (Lipinski definition) is 2. The summed E-state index contributed by atoms with van der Waals surface area (Å²) < 4.78 is 40.6. The molecule has 1 unspecified atom stereocenters. The zero-order valence-corrected chi connectivity index (χ0v) is 10.00. The summed E-state index contributed by atoms with van der Waals surface area (Å²) in [7, 11) is 1.51. The topological polar surface area (TPSA) is 41.5 Å². The van der Waals surface area contributed by atoms with E-state index in [1.807, 2.05) is 0 Å². The molecule has 0 heterocycles. The number of rotatable bonds is 6. The molecule has 0 aliphatic heterocycles. The minimum Gasteiger partial charge on any atom is -0.497 e. The monoisotopic (exact) mass is 263 g/mol. The third-order valence-electron chi connectivity index (χ3n) is 2.40. The molecule has 1 rings (SSSR count). The van der Waals surface area contributed by atoms with E-state index < -0.39 is 18.7 Å². The van der Waals surface area contributed by atoms with Crippen LogP contribution >= 0.6 is 0 Å². The molecule has 0 bridgehead atoms. The van der Waals surface area contributed by atoms with Gasteiger partial charge in [0.05, 0.1) is 19.6 Å². The summed E-state index contributed by atoms with van der Waals surface area (Å²) in [6.45, 7) is -0.131. The second kappa shape index (κ2) is 6.61. The molecule has 3 nitrogen and oxygen atoms in total. The van der Waals surface area contributed by atoms with Gasteiger partial charge in [0.1, 0.15) is 5.75 Å². The van der Waals surface area contributed by atoms with Crippen molar-refractivity contribution in [3.8, 4) is 5.75 Å². The van der Waals surface area contributed by atoms with Gasteiger partial charge in [-0.25, -0.2) is 0 Å². The van der Waals surface area contributed by atoms with Crippen molar-refractivity contribution in [3.63, 3.8) is 0 Å². The van der Waals surface area contributed by atoms with Gasteiger partial charge in [-0.15, -0.1) is 0 Å². The maximum Gasteiger partial charge on any atom is 0.390 e. The van der Waals surface area contributed by atoms with Crippen molar-refractivity contribution in [2.24, 2.45) is 0 Å². The lowest BCUT2D eigenvalue weighted by Gasteiger charge is -2.13. The molecular formula is C12H16F3NO2. The SMILES string of the molecule is COc1cccc(C(O)CNCCC(F)(F)F)c1. The summed E-state index contributed by atoms with van der Waals surface area (Å²) in [6.07, 6.45) is -5.93. The standard InChI is InChI=1S/C12H16F3NO2/c1-18-10-4-2-3-9(7-10)11(17)8-16-6-5-12(13,14)15/h2-4,7,11,16-17H,5-6,8H2,1H3. The van der Waals surface area contributed by atoms with Crippen molar-refractivity contribution >= 4 is 0 Å². The van der Waals surface area contributed by atoms with Crippen LogP contribution in [0.25, 0.3) is 0 Å². The van der Waals surface area contributed by atoms with Crippen LogP contribution in [0.4, 0.5) is 13.2 Å². The van der Waals surface area contributed by atoms with E-state index in [1.54, 1.807) is 24.3 Å². The Morgan fingerprint density at radius 2 is 2.11 bits per heavy atom. The number of aliphatic hydroxyl groups is 1. The van der Waals surface area contributed by atoms with Gasteiger partial charge in [-0.3, -0.25) is 0 Å². The van der Waals surface area contributed by atoms with Gasteiger partial charge >= 0.3 is 6.18 Å². The average Bonchev–Trinajstić information content (AvgIpc) is 2.33. The van der Waals surface area contributed by atoms with Crippen molar-refractivity contribution < 1.29 is 23.0 Å². The van der Waals surface area contributed by atoms with Crippen LogP contribution in [-0.2, 0) is 0 Å². The normalized spacial score (nSPS) is 13.4. The number of alkyl halides is 3. The highest BCUT2D eigenvalue weighted by Gasteiger charge is 2.26. The van der Waals surface area contributed by atoms with E-state index in [-0.39, 0.29) is 13.1 Å². The van der Waals surface area contributed by atoms with Crippen LogP contribution in [-0.4, -0.2) is 31.5 Å². The Balaban J connectivity index is 2.38. The summed E-state index contributed by atoms with van der Waals surface area (Å²) in [5, 5.41) is 12.3. The summed E-state index contributed by atoms with van der Waals surface area (Å²) in [4.78, 5) is 0. The highest BCUT2D eigenvalue weighted by atomic mass is 19.4. The summed E-state index contributed by atoms with van der Waals surface area (Å²) in [5.41, 5.74) is 0.605. The van der Waals surface area contributed by atoms with Crippen LogP contribution in [0.2, 0.25) is 0 Å². The Labute approximate surface area is 104 Å². The Morgan fingerprint density at radius 1 is 1.39 bits per heavy atom. The van der Waals surface area contributed by atoms with Gasteiger partial charge in [0.25, 0.3) is 0 Å². The van der Waals surface area contributed by atoms with E-state index in [4.69, 9.17) is 4.74 Å². The van der Waals surface area contributed by atoms with Gasteiger partial charge in [-0.2, -0.15) is 13.2 Å². The van der Waals surface area contributed by atoms with Crippen LogP contribution in [0.5, 0.6) is 5.75 Å². The van der Waals surface area contributed by atoms with Crippen LogP contribution in [0.1, 0.15) is 18.1 Å². The van der Waals surface area contributed by atoms with Crippen LogP contribution in [0, 0.1) is 0 Å². The summed E-state index contributed by atoms with van der Waals surface area (Å²) in [5.74, 6) is 0.599. The first-order chi connectivity index (χ1) is 8.42. The fraction of sp³-hybridized carbons (Fsp3) is 0.500. The molecule has 1 aromatic carbocycles. The highest BCUT2D eigenvalue weighted by molar-refractivity contribution is 5.29. The van der Waals surface area contributed by atoms with E-state index >= 15 is 0 Å². The molecule has 0 aliphatic rings. The van der Waals surface area contributed by atoms with Gasteiger partial charge in [-0.1, -0.05) is 12.1 Å². The molecule has 0 aromatic heterocycles. The fourth-order valence-electron chi connectivity index (χ4n) is 1.44. The van der Waals surface area contributed by atoms with Gasteiger partial charge in [0.15, 0.2) is 0 Å². The van der Waals surface area contributed by atoms with E-state index in [0.29, 0.717) is 11.3 Å². The van der Waals surface area contributed by atoms with Gasteiger partial charge in [0.2, 0.25) is 0 Å². The van der Waals surface area contributed by atoms with Crippen molar-refractivity contribution in [2.45, 2.75) is 18.7 Å². The molecule has 2 N–H and O–H groups in total. The molecule has 1 atom stereocenters. The number of aliphatic hydroxyl groups excluding tert-OH is 1. The number of hydrogen-bond acceptors (Lipinski definition) is 3. The molecule has 0 amide bonds. The van der Waals surface area contributed by atoms with Gasteiger partial charge in [-0.05, 0) is 17.7 Å². The second-order valence-electron chi connectivity index (χ2n) is 3.86. The average molecular weight is 263 g/mol. The number of methoxy groups -OCH3 is 1. The molecule has 0 aliphatic carbocycles. The number of halogens is 3. The fourth-order valence-corrected chi connectivity index (χ4v) is 1.44.